The third-order valence-electron chi connectivity index (χ3n) is 10.7. The van der Waals surface area contributed by atoms with E-state index in [1.54, 1.807) is 19.6 Å². The second-order valence-corrected chi connectivity index (χ2v) is 14.2. The lowest BCUT2D eigenvalue weighted by Crippen LogP contribution is -2.41. The Morgan fingerprint density at radius 3 is 2.51 bits per heavy atom. The molecule has 1 saturated heterocycles. The van der Waals surface area contributed by atoms with E-state index in [1.165, 1.54) is 17.5 Å². The van der Waals surface area contributed by atoms with Crippen LogP contribution in [0.2, 0.25) is 0 Å². The summed E-state index contributed by atoms with van der Waals surface area (Å²) in [5, 5.41) is 2.92. The summed E-state index contributed by atoms with van der Waals surface area (Å²) < 4.78 is 22.2. The largest absolute Gasteiger partial charge is 0.496 e. The van der Waals surface area contributed by atoms with Gasteiger partial charge in [0.2, 0.25) is 11.8 Å². The van der Waals surface area contributed by atoms with E-state index in [0.29, 0.717) is 49.0 Å². The second-order valence-electron chi connectivity index (χ2n) is 14.2. The van der Waals surface area contributed by atoms with E-state index in [1.807, 2.05) is 24.0 Å². The van der Waals surface area contributed by atoms with Crippen molar-refractivity contribution in [1.82, 2.24) is 15.3 Å². The van der Waals surface area contributed by atoms with Gasteiger partial charge in [0.1, 0.15) is 30.1 Å². The molecule has 49 heavy (non-hydrogen) atoms. The van der Waals surface area contributed by atoms with Gasteiger partial charge in [-0.05, 0) is 99.5 Å². The number of aromatic nitrogens is 2. The first kappa shape index (κ1) is 34.9. The SMILES string of the molecule is COc1ccc(C2CCC(CN(C(=O)C3CCCCC3)c3cc(-c4coc(C(C)COC(=O)NC5CCOCC5)n4)ccn3)CC2)cc1C. The van der Waals surface area contributed by atoms with Crippen LogP contribution in [-0.4, -0.2) is 61.5 Å². The number of nitrogens with one attached hydrogen (secondary N) is 1. The molecule has 0 bridgehead atoms. The molecule has 1 unspecified atom stereocenters. The van der Waals surface area contributed by atoms with Gasteiger partial charge < -0.3 is 23.9 Å². The van der Waals surface area contributed by atoms with Gasteiger partial charge in [0.25, 0.3) is 0 Å². The highest BCUT2D eigenvalue weighted by Crippen LogP contribution is 2.39. The Bertz CT molecular complexity index is 1540. The predicted molar refractivity (Wildman–Crippen MR) is 188 cm³/mol. The van der Waals surface area contributed by atoms with Gasteiger partial charge in [-0.25, -0.2) is 14.8 Å². The first-order chi connectivity index (χ1) is 23.9. The van der Waals surface area contributed by atoms with Gasteiger partial charge in [0.05, 0.1) is 13.0 Å². The Kier molecular flexibility index (Phi) is 11.9. The number of oxazole rings is 1. The maximum Gasteiger partial charge on any atom is 0.407 e. The summed E-state index contributed by atoms with van der Waals surface area (Å²) >= 11 is 0. The number of aryl methyl sites for hydroxylation is 1. The molecule has 264 valence electrons. The van der Waals surface area contributed by atoms with Crippen LogP contribution >= 0.6 is 0 Å². The fourth-order valence-electron chi connectivity index (χ4n) is 7.65. The molecule has 3 fully saturated rings. The lowest BCUT2D eigenvalue weighted by Gasteiger charge is -2.35. The minimum Gasteiger partial charge on any atom is -0.496 e. The van der Waals surface area contributed by atoms with Crippen molar-refractivity contribution in [3.63, 3.8) is 0 Å². The Morgan fingerprint density at radius 1 is 1.00 bits per heavy atom. The minimum absolute atomic E-state index is 0.0426. The zero-order chi connectivity index (χ0) is 34.2. The number of carbonyl (C=O) groups is 2. The molecule has 10 heteroatoms. The molecule has 1 aromatic carbocycles. The van der Waals surface area contributed by atoms with Crippen molar-refractivity contribution in [2.24, 2.45) is 11.8 Å². The molecule has 2 aliphatic carbocycles. The number of alkyl carbamates (subject to hydrolysis) is 1. The number of ether oxygens (including phenoxy) is 3. The molecule has 0 radical (unpaired) electrons. The molecule has 3 aliphatic rings. The van der Waals surface area contributed by atoms with E-state index in [4.69, 9.17) is 28.6 Å². The normalized spacial score (nSPS) is 21.1. The fourth-order valence-corrected chi connectivity index (χ4v) is 7.65. The number of methoxy groups -OCH3 is 1. The average molecular weight is 673 g/mol. The van der Waals surface area contributed by atoms with Crippen LogP contribution in [-0.2, 0) is 14.3 Å². The van der Waals surface area contributed by atoms with Crippen molar-refractivity contribution >= 4 is 17.8 Å². The molecule has 2 aromatic heterocycles. The predicted octanol–water partition coefficient (Wildman–Crippen LogP) is 7.95. The molecule has 3 heterocycles. The summed E-state index contributed by atoms with van der Waals surface area (Å²) in [5.41, 5.74) is 4.06. The molecule has 2 amide bonds. The third-order valence-corrected chi connectivity index (χ3v) is 10.7. The van der Waals surface area contributed by atoms with E-state index in [9.17, 15) is 9.59 Å². The Hall–Kier alpha value is -3.92. The van der Waals surface area contributed by atoms with E-state index < -0.39 is 6.09 Å². The molecule has 6 rings (SSSR count). The molecule has 2 saturated carbocycles. The van der Waals surface area contributed by atoms with Crippen LogP contribution in [0.15, 0.2) is 47.2 Å². The summed E-state index contributed by atoms with van der Waals surface area (Å²) in [4.78, 5) is 37.9. The molecule has 1 N–H and O–H groups in total. The third kappa shape index (κ3) is 9.01. The minimum atomic E-state index is -0.434. The van der Waals surface area contributed by atoms with Gasteiger partial charge in [-0.15, -0.1) is 0 Å². The number of pyridine rings is 1. The van der Waals surface area contributed by atoms with Gasteiger partial charge in [-0.3, -0.25) is 9.69 Å². The van der Waals surface area contributed by atoms with Crippen LogP contribution < -0.4 is 15.0 Å². The van der Waals surface area contributed by atoms with Crippen molar-refractivity contribution in [2.45, 2.75) is 102 Å². The monoisotopic (exact) mass is 672 g/mol. The van der Waals surface area contributed by atoms with Gasteiger partial charge in [-0.1, -0.05) is 38.3 Å². The molecule has 0 spiro atoms. The standard InChI is InChI=1S/C39H52N4O6/c1-26-21-31(13-14-35(26)46-3)29-11-9-28(10-12-29)23-43(38(44)30-7-5-4-6-8-30)36-22-32(15-18-40-36)34-25-48-37(42-34)27(2)24-49-39(45)41-33-16-19-47-20-17-33/h13-15,18,21-22,25,27-30,33H,4-12,16-17,19-20,23-24H2,1-3H3,(H,41,45). The topological polar surface area (TPSA) is 116 Å². The number of hydrogen-bond acceptors (Lipinski definition) is 8. The molecule has 10 nitrogen and oxygen atoms in total. The maximum atomic E-state index is 14.1. The van der Waals surface area contributed by atoms with Crippen molar-refractivity contribution in [3.05, 3.63) is 59.8 Å². The molecule has 3 aromatic rings. The van der Waals surface area contributed by atoms with E-state index in [-0.39, 0.29) is 30.4 Å². The Balaban J connectivity index is 1.11. The molecule has 1 atom stereocenters. The van der Waals surface area contributed by atoms with Crippen LogP contribution in [0.25, 0.3) is 11.3 Å². The lowest BCUT2D eigenvalue weighted by molar-refractivity contribution is -0.123. The fraction of sp³-hybridized carbons (Fsp3) is 0.590. The first-order valence-corrected chi connectivity index (χ1v) is 18.3. The number of carbonyl (C=O) groups excluding carboxylic acids is 2. The van der Waals surface area contributed by atoms with Crippen molar-refractivity contribution < 1.29 is 28.2 Å². The quantitative estimate of drug-likeness (QED) is 0.218. The average Bonchev–Trinajstić information content (AvgIpc) is 3.65. The van der Waals surface area contributed by atoms with E-state index in [0.717, 1.165) is 75.5 Å². The summed E-state index contributed by atoms with van der Waals surface area (Å²) in [6, 6.07) is 10.5. The highest BCUT2D eigenvalue weighted by molar-refractivity contribution is 5.94. The number of rotatable bonds is 11. The lowest BCUT2D eigenvalue weighted by atomic mass is 9.78. The Morgan fingerprint density at radius 2 is 1.78 bits per heavy atom. The highest BCUT2D eigenvalue weighted by atomic mass is 16.5. The van der Waals surface area contributed by atoms with E-state index >= 15 is 0 Å². The van der Waals surface area contributed by atoms with Gasteiger partial charge in [-0.2, -0.15) is 0 Å². The summed E-state index contributed by atoms with van der Waals surface area (Å²) in [7, 11) is 1.72. The number of benzene rings is 1. The second kappa shape index (κ2) is 16.7. The summed E-state index contributed by atoms with van der Waals surface area (Å²) in [6.45, 7) is 6.15. The van der Waals surface area contributed by atoms with Crippen LogP contribution in [0.4, 0.5) is 10.6 Å². The van der Waals surface area contributed by atoms with Crippen LogP contribution in [0, 0.1) is 18.8 Å². The number of hydrogen-bond donors (Lipinski definition) is 1. The van der Waals surface area contributed by atoms with E-state index in [2.05, 4.69) is 30.4 Å². The molecule has 1 aliphatic heterocycles. The van der Waals surface area contributed by atoms with Crippen LogP contribution in [0.1, 0.15) is 106 Å². The number of amides is 2. The van der Waals surface area contributed by atoms with Gasteiger partial charge in [0, 0.05) is 43.5 Å². The van der Waals surface area contributed by atoms with Crippen molar-refractivity contribution in [2.75, 3.05) is 38.4 Å². The van der Waals surface area contributed by atoms with Gasteiger partial charge >= 0.3 is 6.09 Å². The highest BCUT2D eigenvalue weighted by Gasteiger charge is 2.32. The Labute approximate surface area is 290 Å². The zero-order valence-electron chi connectivity index (χ0n) is 29.3. The smallest absolute Gasteiger partial charge is 0.407 e. The summed E-state index contributed by atoms with van der Waals surface area (Å²) in [6.07, 6.45) is 14.2. The molecular weight excluding hydrogens is 620 g/mol. The van der Waals surface area contributed by atoms with Crippen molar-refractivity contribution in [1.29, 1.82) is 0 Å². The van der Waals surface area contributed by atoms with Gasteiger partial charge in [0.15, 0.2) is 0 Å². The van der Waals surface area contributed by atoms with Crippen LogP contribution in [0.5, 0.6) is 5.75 Å². The van der Waals surface area contributed by atoms with Crippen molar-refractivity contribution in [3.8, 4) is 17.0 Å². The first-order valence-electron chi connectivity index (χ1n) is 18.3. The number of nitrogens with zero attached hydrogens (tertiary/aromatic N) is 3. The maximum absolute atomic E-state index is 14.1. The summed E-state index contributed by atoms with van der Waals surface area (Å²) in [5.74, 6) is 3.05. The zero-order valence-corrected chi connectivity index (χ0v) is 29.3. The van der Waals surface area contributed by atoms with Crippen LogP contribution in [0.3, 0.4) is 0 Å². The number of anilines is 1. The molecular formula is C39H52N4O6.